The monoisotopic (exact) mass is 206 g/mol. The van der Waals surface area contributed by atoms with Crippen molar-refractivity contribution >= 4 is 12.0 Å². The number of allylic oxidation sites excluding steroid dienone is 1. The molecule has 0 fully saturated rings. The smallest absolute Gasteiger partial charge is 0.331 e. The average Bonchev–Trinajstić information content (AvgIpc) is 2.62. The third-order valence-electron chi connectivity index (χ3n) is 1.70. The second-order valence-electron chi connectivity index (χ2n) is 2.98. The number of carbonyl (C=O) groups excluding carboxylic acids is 1. The Balaban J connectivity index is 2.40. The van der Waals surface area contributed by atoms with Crippen molar-refractivity contribution in [1.82, 2.24) is 0 Å². The minimum atomic E-state index is -0.373. The zero-order chi connectivity index (χ0) is 11.1. The maximum Gasteiger partial charge on any atom is 0.331 e. The van der Waals surface area contributed by atoms with E-state index < -0.39 is 0 Å². The third-order valence-corrected chi connectivity index (χ3v) is 1.70. The van der Waals surface area contributed by atoms with Gasteiger partial charge in [0.25, 0.3) is 0 Å². The molecule has 1 rings (SSSR count). The summed E-state index contributed by atoms with van der Waals surface area (Å²) >= 11 is 0. The number of ether oxygens (including phenoxy) is 1. The predicted molar refractivity (Wildman–Crippen MR) is 58.3 cm³/mol. The topological polar surface area (TPSA) is 39.4 Å². The van der Waals surface area contributed by atoms with Crippen LogP contribution in [0, 0.1) is 6.92 Å². The van der Waals surface area contributed by atoms with Gasteiger partial charge < -0.3 is 9.15 Å². The van der Waals surface area contributed by atoms with Gasteiger partial charge in [-0.3, -0.25) is 0 Å². The van der Waals surface area contributed by atoms with Crippen molar-refractivity contribution in [2.75, 3.05) is 6.61 Å². The first-order valence-corrected chi connectivity index (χ1v) is 4.75. The van der Waals surface area contributed by atoms with Crippen LogP contribution in [0.15, 0.2) is 34.8 Å². The minimum absolute atomic E-state index is 0.302. The maximum atomic E-state index is 11.1. The summed E-state index contributed by atoms with van der Waals surface area (Å²) in [6, 6.07) is 3.63. The van der Waals surface area contributed by atoms with Crippen molar-refractivity contribution in [3.8, 4) is 0 Å². The van der Waals surface area contributed by atoms with E-state index in [9.17, 15) is 4.79 Å². The molecule has 0 saturated carbocycles. The van der Waals surface area contributed by atoms with Gasteiger partial charge in [0.15, 0.2) is 0 Å². The largest absolute Gasteiger partial charge is 0.462 e. The highest BCUT2D eigenvalue weighted by atomic mass is 16.5. The molecule has 0 bridgehead atoms. The number of esters is 1. The molecule has 0 unspecified atom stereocenters. The number of furan rings is 1. The van der Waals surface area contributed by atoms with Gasteiger partial charge in [0.05, 0.1) is 0 Å². The van der Waals surface area contributed by atoms with Crippen molar-refractivity contribution in [2.24, 2.45) is 0 Å². The van der Waals surface area contributed by atoms with E-state index >= 15 is 0 Å². The van der Waals surface area contributed by atoms with Crippen LogP contribution < -0.4 is 0 Å². The summed E-state index contributed by atoms with van der Waals surface area (Å²) in [5.41, 5.74) is 0. The zero-order valence-electron chi connectivity index (χ0n) is 8.90. The van der Waals surface area contributed by atoms with E-state index in [4.69, 9.17) is 9.15 Å². The van der Waals surface area contributed by atoms with Crippen LogP contribution in [0.2, 0.25) is 0 Å². The van der Waals surface area contributed by atoms with Gasteiger partial charge in [-0.2, -0.15) is 0 Å². The molecule has 0 spiro atoms. The molecule has 0 radical (unpaired) electrons. The lowest BCUT2D eigenvalue weighted by molar-refractivity contribution is -0.136. The van der Waals surface area contributed by atoms with Gasteiger partial charge in [0, 0.05) is 6.08 Å². The normalized spacial score (nSPS) is 11.3. The molecular weight excluding hydrogens is 192 g/mol. The van der Waals surface area contributed by atoms with Crippen LogP contribution in [-0.4, -0.2) is 12.6 Å². The molecule has 3 heteroatoms. The summed E-state index contributed by atoms with van der Waals surface area (Å²) in [6.45, 7) is 4.02. The Morgan fingerprint density at radius 3 is 2.93 bits per heavy atom. The summed E-state index contributed by atoms with van der Waals surface area (Å²) in [7, 11) is 0. The summed E-state index contributed by atoms with van der Waals surface area (Å²) in [4.78, 5) is 11.1. The Kier molecular flexibility index (Phi) is 4.41. The molecule has 0 saturated heterocycles. The number of aryl methyl sites for hydroxylation is 1. The molecule has 0 amide bonds. The lowest BCUT2D eigenvalue weighted by Gasteiger charge is -1.94. The van der Waals surface area contributed by atoms with E-state index in [0.29, 0.717) is 12.4 Å². The second-order valence-corrected chi connectivity index (χ2v) is 2.98. The highest BCUT2D eigenvalue weighted by Crippen LogP contribution is 2.07. The summed E-state index contributed by atoms with van der Waals surface area (Å²) in [5, 5.41) is 0. The van der Waals surface area contributed by atoms with E-state index in [1.807, 2.05) is 26.0 Å². The highest BCUT2D eigenvalue weighted by Gasteiger charge is 1.96. The quantitative estimate of drug-likeness (QED) is 0.432. The first kappa shape index (κ1) is 11.3. The first-order valence-electron chi connectivity index (χ1n) is 4.75. The highest BCUT2D eigenvalue weighted by molar-refractivity contribution is 5.86. The van der Waals surface area contributed by atoms with Gasteiger partial charge in [-0.15, -0.1) is 0 Å². The maximum absolute atomic E-state index is 11.1. The molecule has 0 atom stereocenters. The Morgan fingerprint density at radius 2 is 2.33 bits per heavy atom. The SMILES string of the molecule is C/C=C/COC(=O)/C=C/c1ccc(C)o1. The molecule has 0 aliphatic carbocycles. The number of hydrogen-bond donors (Lipinski definition) is 0. The second kappa shape index (κ2) is 5.86. The first-order chi connectivity index (χ1) is 7.22. The van der Waals surface area contributed by atoms with Crippen LogP contribution in [0.4, 0.5) is 0 Å². The van der Waals surface area contributed by atoms with Crippen LogP contribution in [0.1, 0.15) is 18.4 Å². The van der Waals surface area contributed by atoms with Gasteiger partial charge in [-0.05, 0) is 32.1 Å². The van der Waals surface area contributed by atoms with Gasteiger partial charge in [0.2, 0.25) is 0 Å². The molecule has 0 N–H and O–H groups in total. The third kappa shape index (κ3) is 4.31. The molecule has 3 nitrogen and oxygen atoms in total. The standard InChI is InChI=1S/C12H14O3/c1-3-4-9-14-12(13)8-7-11-6-5-10(2)15-11/h3-8H,9H2,1-2H3/b4-3+,8-7+. The predicted octanol–water partition coefficient (Wildman–Crippen LogP) is 2.72. The van der Waals surface area contributed by atoms with E-state index in [2.05, 4.69) is 0 Å². The molecule has 0 aliphatic heterocycles. The fourth-order valence-electron chi connectivity index (χ4n) is 0.968. The summed E-state index contributed by atoms with van der Waals surface area (Å²) in [6.07, 6.45) is 6.53. The Bertz CT molecular complexity index is 372. The molecule has 1 heterocycles. The molecule has 1 aromatic heterocycles. The van der Waals surface area contributed by atoms with Crippen molar-refractivity contribution in [3.05, 3.63) is 41.9 Å². The lowest BCUT2D eigenvalue weighted by atomic mass is 10.4. The van der Waals surface area contributed by atoms with Crippen LogP contribution in [0.25, 0.3) is 6.08 Å². The van der Waals surface area contributed by atoms with Gasteiger partial charge >= 0.3 is 5.97 Å². The fraction of sp³-hybridized carbons (Fsp3) is 0.250. The Labute approximate surface area is 89.0 Å². The molecule has 15 heavy (non-hydrogen) atoms. The number of rotatable bonds is 4. The zero-order valence-corrected chi connectivity index (χ0v) is 8.90. The Hall–Kier alpha value is -1.77. The van der Waals surface area contributed by atoms with E-state index in [-0.39, 0.29) is 5.97 Å². The Morgan fingerprint density at radius 1 is 1.53 bits per heavy atom. The van der Waals surface area contributed by atoms with Crippen LogP contribution in [0.3, 0.4) is 0 Å². The van der Waals surface area contributed by atoms with Crippen molar-refractivity contribution in [3.63, 3.8) is 0 Å². The molecule has 1 aromatic rings. The number of carbonyl (C=O) groups is 1. The summed E-state index contributed by atoms with van der Waals surface area (Å²) < 4.78 is 10.1. The number of hydrogen-bond acceptors (Lipinski definition) is 3. The average molecular weight is 206 g/mol. The van der Waals surface area contributed by atoms with E-state index in [0.717, 1.165) is 5.76 Å². The van der Waals surface area contributed by atoms with Gasteiger partial charge in [-0.1, -0.05) is 12.2 Å². The minimum Gasteiger partial charge on any atom is -0.462 e. The van der Waals surface area contributed by atoms with Crippen molar-refractivity contribution in [1.29, 1.82) is 0 Å². The van der Waals surface area contributed by atoms with Crippen molar-refractivity contribution < 1.29 is 13.9 Å². The van der Waals surface area contributed by atoms with Crippen LogP contribution in [-0.2, 0) is 9.53 Å². The lowest BCUT2D eigenvalue weighted by Crippen LogP contribution is -1.99. The van der Waals surface area contributed by atoms with Gasteiger partial charge in [-0.25, -0.2) is 4.79 Å². The van der Waals surface area contributed by atoms with E-state index in [1.54, 1.807) is 18.2 Å². The molecule has 0 aliphatic rings. The van der Waals surface area contributed by atoms with E-state index in [1.165, 1.54) is 6.08 Å². The molecule has 80 valence electrons. The molecular formula is C12H14O3. The van der Waals surface area contributed by atoms with Crippen molar-refractivity contribution in [2.45, 2.75) is 13.8 Å². The van der Waals surface area contributed by atoms with Gasteiger partial charge in [0.1, 0.15) is 18.1 Å². The van der Waals surface area contributed by atoms with Crippen LogP contribution in [0.5, 0.6) is 0 Å². The molecule has 0 aromatic carbocycles. The van der Waals surface area contributed by atoms with Crippen LogP contribution >= 0.6 is 0 Å². The summed E-state index contributed by atoms with van der Waals surface area (Å²) in [5.74, 6) is 1.09. The fourth-order valence-corrected chi connectivity index (χ4v) is 0.968.